The number of rotatable bonds is 6. The molecule has 0 bridgehead atoms. The van der Waals surface area contributed by atoms with Crippen LogP contribution in [0.2, 0.25) is 0 Å². The molecule has 3 rings (SSSR count). The highest BCUT2D eigenvalue weighted by Gasteiger charge is 2.14. The van der Waals surface area contributed by atoms with Gasteiger partial charge in [0.1, 0.15) is 5.82 Å². The largest absolute Gasteiger partial charge is 0.345 e. The molecule has 0 aliphatic heterocycles. The Kier molecular flexibility index (Phi) is 5.39. The number of halogens is 1. The third-order valence-corrected chi connectivity index (χ3v) is 4.38. The first-order valence-electron chi connectivity index (χ1n) is 7.72. The fraction of sp³-hybridized carbons (Fsp3) is 0.176. The first-order valence-corrected chi connectivity index (χ1v) is 8.71. The molecule has 0 radical (unpaired) electrons. The molecular weight excluding hydrogens is 341 g/mol. The molecule has 0 saturated carbocycles. The number of benzene rings is 2. The summed E-state index contributed by atoms with van der Waals surface area (Å²) in [7, 11) is 0. The fourth-order valence-corrected chi connectivity index (χ4v) is 3.12. The maximum Gasteiger partial charge on any atom is 0.252 e. The van der Waals surface area contributed by atoms with Crippen molar-refractivity contribution in [2.45, 2.75) is 18.4 Å². The van der Waals surface area contributed by atoms with Crippen LogP contribution in [0, 0.1) is 5.82 Å². The summed E-state index contributed by atoms with van der Waals surface area (Å²) in [5.41, 5.74) is 1.11. The third-order valence-electron chi connectivity index (χ3n) is 3.43. The lowest BCUT2D eigenvalue weighted by molar-refractivity contribution is 0.0946. The molecule has 0 unspecified atom stereocenters. The standard InChI is InChI=1S/C17H16FN5OS/c1-2-25-15-9-4-3-8-14(15)17(24)19-11-16-20-21-22-23(16)13-7-5-6-12(18)10-13/h3-10H,2,11H2,1H3,(H,19,24). The van der Waals surface area contributed by atoms with E-state index < -0.39 is 0 Å². The molecule has 0 spiro atoms. The zero-order chi connectivity index (χ0) is 17.6. The molecule has 0 aliphatic rings. The maximum absolute atomic E-state index is 13.4. The molecule has 0 saturated heterocycles. The Morgan fingerprint density at radius 2 is 2.08 bits per heavy atom. The molecule has 8 heteroatoms. The van der Waals surface area contributed by atoms with Gasteiger partial charge in [0.25, 0.3) is 5.91 Å². The van der Waals surface area contributed by atoms with Crippen molar-refractivity contribution in [1.82, 2.24) is 25.5 Å². The minimum absolute atomic E-state index is 0.132. The van der Waals surface area contributed by atoms with E-state index >= 15 is 0 Å². The molecule has 0 aliphatic carbocycles. The van der Waals surface area contributed by atoms with Crippen molar-refractivity contribution in [2.24, 2.45) is 0 Å². The fourth-order valence-electron chi connectivity index (χ4n) is 2.31. The molecule has 0 fully saturated rings. The SMILES string of the molecule is CCSc1ccccc1C(=O)NCc1nnnn1-c1cccc(F)c1. The number of thioether (sulfide) groups is 1. The first-order chi connectivity index (χ1) is 12.2. The molecule has 25 heavy (non-hydrogen) atoms. The zero-order valence-corrected chi connectivity index (χ0v) is 14.3. The van der Waals surface area contributed by atoms with Crippen molar-refractivity contribution < 1.29 is 9.18 Å². The van der Waals surface area contributed by atoms with Gasteiger partial charge in [0.15, 0.2) is 5.82 Å². The van der Waals surface area contributed by atoms with E-state index in [2.05, 4.69) is 20.8 Å². The summed E-state index contributed by atoms with van der Waals surface area (Å²) in [6, 6.07) is 13.4. The van der Waals surface area contributed by atoms with E-state index in [1.54, 1.807) is 30.0 Å². The van der Waals surface area contributed by atoms with Crippen LogP contribution in [0.25, 0.3) is 5.69 Å². The van der Waals surface area contributed by atoms with Crippen LogP contribution < -0.4 is 5.32 Å². The second kappa shape index (κ2) is 7.89. The maximum atomic E-state index is 13.4. The van der Waals surface area contributed by atoms with E-state index in [0.717, 1.165) is 10.6 Å². The highest BCUT2D eigenvalue weighted by Crippen LogP contribution is 2.22. The lowest BCUT2D eigenvalue weighted by atomic mass is 10.2. The Morgan fingerprint density at radius 3 is 2.88 bits per heavy atom. The Labute approximate surface area is 148 Å². The third kappa shape index (κ3) is 4.03. The summed E-state index contributed by atoms with van der Waals surface area (Å²) in [6.07, 6.45) is 0. The molecule has 128 valence electrons. The molecule has 2 aromatic carbocycles. The summed E-state index contributed by atoms with van der Waals surface area (Å²) in [5, 5.41) is 14.2. The van der Waals surface area contributed by atoms with E-state index in [4.69, 9.17) is 0 Å². The topological polar surface area (TPSA) is 72.7 Å². The quantitative estimate of drug-likeness (QED) is 0.687. The van der Waals surface area contributed by atoms with E-state index in [1.165, 1.54) is 16.8 Å². The van der Waals surface area contributed by atoms with Gasteiger partial charge >= 0.3 is 0 Å². The molecule has 6 nitrogen and oxygen atoms in total. The second-order valence-electron chi connectivity index (χ2n) is 5.10. The van der Waals surface area contributed by atoms with Crippen molar-refractivity contribution in [2.75, 3.05) is 5.75 Å². The molecule has 1 N–H and O–H groups in total. The van der Waals surface area contributed by atoms with Crippen molar-refractivity contribution in [3.8, 4) is 5.69 Å². The number of amides is 1. The van der Waals surface area contributed by atoms with Gasteiger partial charge in [-0.3, -0.25) is 4.79 Å². The number of hydrogen-bond acceptors (Lipinski definition) is 5. The van der Waals surface area contributed by atoms with Crippen LogP contribution in [0.15, 0.2) is 53.4 Å². The summed E-state index contributed by atoms with van der Waals surface area (Å²) in [6.45, 7) is 2.17. The van der Waals surface area contributed by atoms with Gasteiger partial charge in [0.05, 0.1) is 17.8 Å². The molecular formula is C17H16FN5OS. The highest BCUT2D eigenvalue weighted by atomic mass is 32.2. The summed E-state index contributed by atoms with van der Waals surface area (Å²) in [5.74, 6) is 0.709. The van der Waals surface area contributed by atoms with Gasteiger partial charge in [-0.2, -0.15) is 4.68 Å². The van der Waals surface area contributed by atoms with Crippen LogP contribution >= 0.6 is 11.8 Å². The molecule has 3 aromatic rings. The van der Waals surface area contributed by atoms with E-state index in [1.807, 2.05) is 25.1 Å². The Morgan fingerprint density at radius 1 is 1.24 bits per heavy atom. The van der Waals surface area contributed by atoms with Crippen molar-refractivity contribution in [1.29, 1.82) is 0 Å². The number of carbonyl (C=O) groups is 1. The van der Waals surface area contributed by atoms with Gasteiger partial charge < -0.3 is 5.32 Å². The van der Waals surface area contributed by atoms with E-state index in [-0.39, 0.29) is 18.3 Å². The predicted molar refractivity (Wildman–Crippen MR) is 93.1 cm³/mol. The van der Waals surface area contributed by atoms with Crippen LogP contribution in [0.1, 0.15) is 23.1 Å². The van der Waals surface area contributed by atoms with Crippen LogP contribution in [0.3, 0.4) is 0 Å². The minimum Gasteiger partial charge on any atom is -0.345 e. The zero-order valence-electron chi connectivity index (χ0n) is 13.5. The van der Waals surface area contributed by atoms with Gasteiger partial charge in [-0.25, -0.2) is 4.39 Å². The number of hydrogen-bond donors (Lipinski definition) is 1. The molecule has 1 amide bonds. The number of tetrazole rings is 1. The van der Waals surface area contributed by atoms with Crippen molar-refractivity contribution >= 4 is 17.7 Å². The Balaban J connectivity index is 1.75. The van der Waals surface area contributed by atoms with Crippen LogP contribution in [0.4, 0.5) is 4.39 Å². The summed E-state index contributed by atoms with van der Waals surface area (Å²) in [4.78, 5) is 13.4. The summed E-state index contributed by atoms with van der Waals surface area (Å²) >= 11 is 1.61. The van der Waals surface area contributed by atoms with Gasteiger partial charge in [-0.15, -0.1) is 16.9 Å². The number of carbonyl (C=O) groups excluding carboxylic acids is 1. The van der Waals surface area contributed by atoms with Crippen LogP contribution in [-0.4, -0.2) is 31.9 Å². The van der Waals surface area contributed by atoms with Gasteiger partial charge in [0, 0.05) is 4.90 Å². The smallest absolute Gasteiger partial charge is 0.252 e. The van der Waals surface area contributed by atoms with Gasteiger partial charge in [-0.05, 0) is 46.5 Å². The monoisotopic (exact) mass is 357 g/mol. The normalized spacial score (nSPS) is 10.6. The lowest BCUT2D eigenvalue weighted by Gasteiger charge is -2.09. The van der Waals surface area contributed by atoms with E-state index in [0.29, 0.717) is 17.1 Å². The first kappa shape index (κ1) is 17.1. The molecule has 0 atom stereocenters. The van der Waals surface area contributed by atoms with Crippen molar-refractivity contribution in [3.05, 3.63) is 65.7 Å². The molecule has 1 aromatic heterocycles. The van der Waals surface area contributed by atoms with E-state index in [9.17, 15) is 9.18 Å². The predicted octanol–water partition coefficient (Wildman–Crippen LogP) is 2.84. The average Bonchev–Trinajstić information content (AvgIpc) is 3.09. The van der Waals surface area contributed by atoms with Crippen LogP contribution in [-0.2, 0) is 6.54 Å². The minimum atomic E-state index is -0.381. The number of nitrogens with zero attached hydrogens (tertiary/aromatic N) is 4. The van der Waals surface area contributed by atoms with Crippen LogP contribution in [0.5, 0.6) is 0 Å². The Bertz CT molecular complexity index is 883. The average molecular weight is 357 g/mol. The van der Waals surface area contributed by atoms with Crippen molar-refractivity contribution in [3.63, 3.8) is 0 Å². The summed E-state index contributed by atoms with van der Waals surface area (Å²) < 4.78 is 14.8. The van der Waals surface area contributed by atoms with Gasteiger partial charge in [-0.1, -0.05) is 25.1 Å². The highest BCUT2D eigenvalue weighted by molar-refractivity contribution is 7.99. The number of aromatic nitrogens is 4. The Hall–Kier alpha value is -2.74. The number of nitrogens with one attached hydrogen (secondary N) is 1. The second-order valence-corrected chi connectivity index (χ2v) is 6.40. The lowest BCUT2D eigenvalue weighted by Crippen LogP contribution is -2.25. The molecule has 1 heterocycles. The van der Waals surface area contributed by atoms with Gasteiger partial charge in [0.2, 0.25) is 0 Å².